The quantitative estimate of drug-likeness (QED) is 0.413. The summed E-state index contributed by atoms with van der Waals surface area (Å²) < 4.78 is 3.95. The predicted octanol–water partition coefficient (Wildman–Crippen LogP) is 4.15. The molecule has 2 nitrogen and oxygen atoms in total. The molecule has 0 aliphatic heterocycles. The standard InChI is InChI=1S/C8H18.C3H6O2S/c1-3-5-7-8-6-4-2;1-2-3(4)5-6/h3-8H2,1-2H3;6H,2H2,1H3. The first-order chi connectivity index (χ1) is 6.72. The fourth-order valence-corrected chi connectivity index (χ4v) is 1.05. The van der Waals surface area contributed by atoms with Crippen LogP contribution in [0.5, 0.6) is 0 Å². The Morgan fingerprint density at radius 1 is 1.00 bits per heavy atom. The minimum Gasteiger partial charge on any atom is -0.395 e. The van der Waals surface area contributed by atoms with Crippen LogP contribution >= 0.6 is 12.9 Å². The monoisotopic (exact) mass is 220 g/mol. The first-order valence-electron chi connectivity index (χ1n) is 5.57. The van der Waals surface area contributed by atoms with Crippen LogP contribution in [0.2, 0.25) is 0 Å². The largest absolute Gasteiger partial charge is 0.395 e. The Bertz CT molecular complexity index is 104. The number of carbonyl (C=O) groups excluding carboxylic acids is 1. The van der Waals surface area contributed by atoms with Gasteiger partial charge >= 0.3 is 5.97 Å². The van der Waals surface area contributed by atoms with E-state index in [-0.39, 0.29) is 5.97 Å². The average Bonchev–Trinajstić information content (AvgIpc) is 2.24. The highest BCUT2D eigenvalue weighted by Crippen LogP contribution is 2.03. The Labute approximate surface area is 94.0 Å². The molecule has 3 heteroatoms. The highest BCUT2D eigenvalue weighted by atomic mass is 32.1. The minimum absolute atomic E-state index is 0.293. The van der Waals surface area contributed by atoms with Crippen LogP contribution in [0.1, 0.15) is 65.7 Å². The van der Waals surface area contributed by atoms with Gasteiger partial charge in [-0.15, -0.1) is 0 Å². The van der Waals surface area contributed by atoms with Gasteiger partial charge in [0.2, 0.25) is 0 Å². The van der Waals surface area contributed by atoms with E-state index in [9.17, 15) is 4.79 Å². The van der Waals surface area contributed by atoms with E-state index < -0.39 is 0 Å². The van der Waals surface area contributed by atoms with Crippen LogP contribution in [0, 0.1) is 0 Å². The second kappa shape index (κ2) is 15.3. The van der Waals surface area contributed by atoms with Gasteiger partial charge in [0.05, 0.1) is 0 Å². The van der Waals surface area contributed by atoms with Crippen molar-refractivity contribution in [2.45, 2.75) is 65.7 Å². The number of thiol groups is 1. The summed E-state index contributed by atoms with van der Waals surface area (Å²) in [4.78, 5) is 9.88. The van der Waals surface area contributed by atoms with Crippen molar-refractivity contribution >= 4 is 18.9 Å². The summed E-state index contributed by atoms with van der Waals surface area (Å²) >= 11 is 3.25. The summed E-state index contributed by atoms with van der Waals surface area (Å²) in [5.41, 5.74) is 0. The molecule has 0 fully saturated rings. The number of hydrogen-bond donors (Lipinski definition) is 1. The SMILES string of the molecule is CCC(=O)OS.CCCCCCCC. The maximum absolute atomic E-state index is 9.88. The fourth-order valence-electron chi connectivity index (χ4n) is 0.918. The third kappa shape index (κ3) is 17.8. The summed E-state index contributed by atoms with van der Waals surface area (Å²) in [7, 11) is 0. The van der Waals surface area contributed by atoms with Gasteiger partial charge in [0, 0.05) is 19.3 Å². The van der Waals surface area contributed by atoms with Crippen molar-refractivity contribution < 1.29 is 8.98 Å². The Hall–Kier alpha value is -0.180. The maximum Gasteiger partial charge on any atom is 0.317 e. The van der Waals surface area contributed by atoms with E-state index >= 15 is 0 Å². The van der Waals surface area contributed by atoms with Crippen LogP contribution in [0.4, 0.5) is 0 Å². The second-order valence-electron chi connectivity index (χ2n) is 3.23. The number of carbonyl (C=O) groups is 1. The molecule has 0 saturated heterocycles. The van der Waals surface area contributed by atoms with Crippen molar-refractivity contribution in [1.82, 2.24) is 0 Å². The Balaban J connectivity index is 0. The number of hydrogen-bond acceptors (Lipinski definition) is 3. The molecular weight excluding hydrogens is 196 g/mol. The molecule has 0 aromatic carbocycles. The van der Waals surface area contributed by atoms with Gasteiger partial charge in [0.25, 0.3) is 0 Å². The van der Waals surface area contributed by atoms with Gasteiger partial charge in [0.1, 0.15) is 0 Å². The zero-order valence-corrected chi connectivity index (χ0v) is 10.6. The molecule has 0 amide bonds. The molecule has 0 atom stereocenters. The van der Waals surface area contributed by atoms with Crippen molar-refractivity contribution in [3.8, 4) is 0 Å². The van der Waals surface area contributed by atoms with Crippen molar-refractivity contribution in [3.05, 3.63) is 0 Å². The van der Waals surface area contributed by atoms with Gasteiger partial charge in [-0.3, -0.25) is 4.79 Å². The first kappa shape index (κ1) is 16.3. The third-order valence-corrected chi connectivity index (χ3v) is 2.05. The summed E-state index contributed by atoms with van der Waals surface area (Å²) in [6, 6.07) is 0. The Morgan fingerprint density at radius 2 is 1.43 bits per heavy atom. The normalized spacial score (nSPS) is 8.86. The zero-order chi connectivity index (χ0) is 11.2. The minimum atomic E-state index is -0.293. The van der Waals surface area contributed by atoms with Gasteiger partial charge in [-0.1, -0.05) is 59.3 Å². The highest BCUT2D eigenvalue weighted by molar-refractivity contribution is 7.75. The van der Waals surface area contributed by atoms with E-state index in [1.807, 2.05) is 0 Å². The van der Waals surface area contributed by atoms with Crippen LogP contribution in [-0.2, 0) is 8.98 Å². The molecular formula is C11H24O2S. The lowest BCUT2D eigenvalue weighted by atomic mass is 10.1. The summed E-state index contributed by atoms with van der Waals surface area (Å²) in [5.74, 6) is -0.293. The molecule has 86 valence electrons. The lowest BCUT2D eigenvalue weighted by Crippen LogP contribution is -1.90. The van der Waals surface area contributed by atoms with E-state index in [2.05, 4.69) is 30.9 Å². The van der Waals surface area contributed by atoms with Crippen LogP contribution in [0.3, 0.4) is 0 Å². The molecule has 14 heavy (non-hydrogen) atoms. The van der Waals surface area contributed by atoms with E-state index in [1.54, 1.807) is 6.92 Å². The molecule has 0 aliphatic rings. The van der Waals surface area contributed by atoms with Crippen LogP contribution in [0.15, 0.2) is 0 Å². The molecule has 0 radical (unpaired) electrons. The van der Waals surface area contributed by atoms with Crippen LogP contribution in [0.25, 0.3) is 0 Å². The average molecular weight is 220 g/mol. The van der Waals surface area contributed by atoms with Crippen molar-refractivity contribution in [2.75, 3.05) is 0 Å². The molecule has 0 rings (SSSR count). The van der Waals surface area contributed by atoms with E-state index in [0.717, 1.165) is 0 Å². The molecule has 0 bridgehead atoms. The smallest absolute Gasteiger partial charge is 0.317 e. The molecule has 0 heterocycles. The second-order valence-corrected chi connectivity index (χ2v) is 3.41. The summed E-state index contributed by atoms with van der Waals surface area (Å²) in [6.45, 7) is 6.22. The Kier molecular flexibility index (Phi) is 17.8. The van der Waals surface area contributed by atoms with Crippen molar-refractivity contribution in [1.29, 1.82) is 0 Å². The lowest BCUT2D eigenvalue weighted by Gasteiger charge is -1.93. The molecule has 0 N–H and O–H groups in total. The number of rotatable bonds is 6. The van der Waals surface area contributed by atoms with Gasteiger partial charge in [-0.2, -0.15) is 0 Å². The lowest BCUT2D eigenvalue weighted by molar-refractivity contribution is -0.132. The molecule has 0 aromatic rings. The van der Waals surface area contributed by atoms with Gasteiger partial charge < -0.3 is 4.18 Å². The summed E-state index contributed by atoms with van der Waals surface area (Å²) in [6.07, 6.45) is 8.88. The van der Waals surface area contributed by atoms with E-state index in [0.29, 0.717) is 6.42 Å². The maximum atomic E-state index is 9.88. The molecule has 0 aromatic heterocycles. The van der Waals surface area contributed by atoms with Gasteiger partial charge in [-0.05, 0) is 0 Å². The van der Waals surface area contributed by atoms with E-state index in [1.165, 1.54) is 38.5 Å². The fraction of sp³-hybridized carbons (Fsp3) is 0.909. The van der Waals surface area contributed by atoms with Crippen LogP contribution in [-0.4, -0.2) is 5.97 Å². The predicted molar refractivity (Wildman–Crippen MR) is 64.4 cm³/mol. The van der Waals surface area contributed by atoms with Crippen LogP contribution < -0.4 is 0 Å². The van der Waals surface area contributed by atoms with Gasteiger partial charge in [0.15, 0.2) is 0 Å². The molecule has 0 unspecified atom stereocenters. The first-order valence-corrected chi connectivity index (χ1v) is 5.93. The van der Waals surface area contributed by atoms with Crippen molar-refractivity contribution in [3.63, 3.8) is 0 Å². The zero-order valence-electron chi connectivity index (χ0n) is 9.71. The Morgan fingerprint density at radius 3 is 1.57 bits per heavy atom. The molecule has 0 saturated carbocycles. The molecule has 0 aliphatic carbocycles. The van der Waals surface area contributed by atoms with Crippen molar-refractivity contribution in [2.24, 2.45) is 0 Å². The summed E-state index contributed by atoms with van der Waals surface area (Å²) in [5, 5.41) is 0. The third-order valence-electron chi connectivity index (χ3n) is 1.85. The number of unbranched alkanes of at least 4 members (excludes halogenated alkanes) is 5. The highest BCUT2D eigenvalue weighted by Gasteiger charge is 1.89. The molecule has 0 spiro atoms. The topological polar surface area (TPSA) is 26.3 Å². The van der Waals surface area contributed by atoms with E-state index in [4.69, 9.17) is 0 Å². The van der Waals surface area contributed by atoms with Gasteiger partial charge in [-0.25, -0.2) is 0 Å².